The van der Waals surface area contributed by atoms with Crippen molar-refractivity contribution in [2.45, 2.75) is 0 Å². The van der Waals surface area contributed by atoms with Crippen LogP contribution in [0.1, 0.15) is 15.9 Å². The summed E-state index contributed by atoms with van der Waals surface area (Å²) in [4.78, 5) is 10.8. The highest BCUT2D eigenvalue weighted by Crippen LogP contribution is 2.27. The van der Waals surface area contributed by atoms with Gasteiger partial charge in [0.2, 0.25) is 5.91 Å². The summed E-state index contributed by atoms with van der Waals surface area (Å²) in [6.07, 6.45) is 1.56. The van der Waals surface area contributed by atoms with Crippen LogP contribution in [0.15, 0.2) is 18.7 Å². The lowest BCUT2D eigenvalue weighted by atomic mass is 10.1. The molecule has 13 heavy (non-hydrogen) atoms. The molecule has 0 spiro atoms. The highest BCUT2D eigenvalue weighted by Gasteiger charge is 2.10. The first kappa shape index (κ1) is 9.61. The van der Waals surface area contributed by atoms with Crippen LogP contribution in [-0.4, -0.2) is 5.91 Å². The van der Waals surface area contributed by atoms with Crippen molar-refractivity contribution in [3.05, 3.63) is 34.9 Å². The van der Waals surface area contributed by atoms with E-state index < -0.39 is 5.91 Å². The Labute approximate surface area is 81.0 Å². The van der Waals surface area contributed by atoms with Gasteiger partial charge in [-0.2, -0.15) is 0 Å². The van der Waals surface area contributed by atoms with Crippen LogP contribution in [0.2, 0.25) is 5.02 Å². The maximum Gasteiger partial charge on any atom is 0.250 e. The fourth-order valence-corrected chi connectivity index (χ4v) is 1.24. The first-order chi connectivity index (χ1) is 6.07. The van der Waals surface area contributed by atoms with Crippen molar-refractivity contribution in [1.29, 1.82) is 0 Å². The van der Waals surface area contributed by atoms with Gasteiger partial charge in [0.05, 0.1) is 16.3 Å². The number of benzene rings is 1. The van der Waals surface area contributed by atoms with E-state index in [1.54, 1.807) is 12.1 Å². The summed E-state index contributed by atoms with van der Waals surface area (Å²) in [7, 11) is 0. The molecule has 0 unspecified atom stereocenters. The predicted molar refractivity (Wildman–Crippen MR) is 54.5 cm³/mol. The van der Waals surface area contributed by atoms with E-state index >= 15 is 0 Å². The Kier molecular flexibility index (Phi) is 2.58. The van der Waals surface area contributed by atoms with Crippen molar-refractivity contribution >= 4 is 29.3 Å². The average molecular weight is 197 g/mol. The van der Waals surface area contributed by atoms with Crippen molar-refractivity contribution in [3.63, 3.8) is 0 Å². The highest BCUT2D eigenvalue weighted by molar-refractivity contribution is 6.36. The summed E-state index contributed by atoms with van der Waals surface area (Å²) in [5, 5.41) is 0.185. The molecule has 1 aromatic rings. The van der Waals surface area contributed by atoms with E-state index in [1.807, 2.05) is 0 Å². The van der Waals surface area contributed by atoms with Crippen LogP contribution in [0, 0.1) is 0 Å². The topological polar surface area (TPSA) is 69.1 Å². The minimum absolute atomic E-state index is 0.185. The molecular weight excluding hydrogens is 188 g/mol. The van der Waals surface area contributed by atoms with Gasteiger partial charge in [-0.1, -0.05) is 30.3 Å². The van der Waals surface area contributed by atoms with Crippen LogP contribution in [0.5, 0.6) is 0 Å². The second-order valence-electron chi connectivity index (χ2n) is 2.50. The third-order valence-electron chi connectivity index (χ3n) is 1.70. The molecule has 0 bridgehead atoms. The van der Waals surface area contributed by atoms with Gasteiger partial charge in [-0.15, -0.1) is 0 Å². The molecule has 0 heterocycles. The number of amides is 1. The minimum atomic E-state index is -0.590. The Morgan fingerprint density at radius 3 is 2.62 bits per heavy atom. The largest absolute Gasteiger partial charge is 0.397 e. The second-order valence-corrected chi connectivity index (χ2v) is 2.88. The first-order valence-corrected chi connectivity index (χ1v) is 3.96. The van der Waals surface area contributed by atoms with Gasteiger partial charge in [0.1, 0.15) is 0 Å². The molecule has 0 saturated carbocycles. The number of hydrogen-bond donors (Lipinski definition) is 2. The number of carbonyl (C=O) groups excluding carboxylic acids is 1. The van der Waals surface area contributed by atoms with Gasteiger partial charge in [-0.05, 0) is 11.6 Å². The summed E-state index contributed by atoms with van der Waals surface area (Å²) in [6.45, 7) is 3.55. The summed E-state index contributed by atoms with van der Waals surface area (Å²) in [6, 6.07) is 3.17. The fourth-order valence-electron chi connectivity index (χ4n) is 0.976. The zero-order valence-corrected chi connectivity index (χ0v) is 7.64. The van der Waals surface area contributed by atoms with Gasteiger partial charge >= 0.3 is 0 Å². The molecule has 0 aliphatic rings. The summed E-state index contributed by atoms with van der Waals surface area (Å²) >= 11 is 5.80. The molecule has 3 nitrogen and oxygen atoms in total. The maximum atomic E-state index is 10.8. The number of nitrogens with two attached hydrogens (primary N) is 2. The molecule has 1 amide bonds. The number of carbonyl (C=O) groups is 1. The van der Waals surface area contributed by atoms with Gasteiger partial charge in [0, 0.05) is 0 Å². The third-order valence-corrected chi connectivity index (χ3v) is 2.11. The number of halogens is 1. The van der Waals surface area contributed by atoms with Crippen molar-refractivity contribution in [2.24, 2.45) is 5.73 Å². The SMILES string of the molecule is C=Cc1ccc(C(N)=O)c(Cl)c1N. The summed E-state index contributed by atoms with van der Waals surface area (Å²) in [5.74, 6) is -0.590. The Bertz CT molecular complexity index is 374. The molecule has 68 valence electrons. The molecule has 0 saturated heterocycles. The van der Waals surface area contributed by atoms with E-state index in [-0.39, 0.29) is 10.6 Å². The molecule has 1 aromatic carbocycles. The van der Waals surface area contributed by atoms with E-state index in [0.717, 1.165) is 0 Å². The average Bonchev–Trinajstić information content (AvgIpc) is 2.09. The number of rotatable bonds is 2. The Hall–Kier alpha value is -1.48. The highest BCUT2D eigenvalue weighted by atomic mass is 35.5. The molecule has 0 aliphatic heterocycles. The zero-order valence-electron chi connectivity index (χ0n) is 6.88. The molecule has 0 fully saturated rings. The van der Waals surface area contributed by atoms with Crippen LogP contribution < -0.4 is 11.5 Å². The number of primary amides is 1. The Morgan fingerprint density at radius 2 is 2.15 bits per heavy atom. The minimum Gasteiger partial charge on any atom is -0.397 e. The molecule has 4 N–H and O–H groups in total. The van der Waals surface area contributed by atoms with E-state index in [9.17, 15) is 4.79 Å². The first-order valence-electron chi connectivity index (χ1n) is 3.58. The zero-order chi connectivity index (χ0) is 10.0. The monoisotopic (exact) mass is 196 g/mol. The lowest BCUT2D eigenvalue weighted by Gasteiger charge is -2.05. The van der Waals surface area contributed by atoms with Crippen LogP contribution in [0.4, 0.5) is 5.69 Å². The van der Waals surface area contributed by atoms with Gasteiger partial charge in [-0.3, -0.25) is 4.79 Å². The van der Waals surface area contributed by atoms with Gasteiger partial charge in [0.15, 0.2) is 0 Å². The van der Waals surface area contributed by atoms with Crippen LogP contribution in [0.25, 0.3) is 6.08 Å². The lowest BCUT2D eigenvalue weighted by molar-refractivity contribution is 0.100. The fraction of sp³-hybridized carbons (Fsp3) is 0. The number of hydrogen-bond acceptors (Lipinski definition) is 2. The van der Waals surface area contributed by atoms with Gasteiger partial charge in [-0.25, -0.2) is 0 Å². The van der Waals surface area contributed by atoms with Crippen molar-refractivity contribution in [3.8, 4) is 0 Å². The van der Waals surface area contributed by atoms with Crippen molar-refractivity contribution in [2.75, 3.05) is 5.73 Å². The molecule has 0 radical (unpaired) electrons. The van der Waals surface area contributed by atoms with Crippen LogP contribution in [0.3, 0.4) is 0 Å². The lowest BCUT2D eigenvalue weighted by Crippen LogP contribution is -2.12. The van der Waals surface area contributed by atoms with E-state index in [4.69, 9.17) is 23.1 Å². The summed E-state index contributed by atoms with van der Waals surface area (Å²) in [5.41, 5.74) is 11.9. The molecular formula is C9H9ClN2O. The molecule has 1 rings (SSSR count). The van der Waals surface area contributed by atoms with Crippen LogP contribution in [-0.2, 0) is 0 Å². The summed E-state index contributed by atoms with van der Waals surface area (Å²) < 4.78 is 0. The van der Waals surface area contributed by atoms with E-state index in [0.29, 0.717) is 11.3 Å². The van der Waals surface area contributed by atoms with Crippen molar-refractivity contribution < 1.29 is 4.79 Å². The molecule has 0 aliphatic carbocycles. The Balaban J connectivity index is 3.39. The second kappa shape index (κ2) is 3.49. The quantitative estimate of drug-likeness (QED) is 0.707. The number of nitrogen functional groups attached to an aromatic ring is 1. The van der Waals surface area contributed by atoms with Gasteiger partial charge < -0.3 is 11.5 Å². The third kappa shape index (κ3) is 1.65. The predicted octanol–water partition coefficient (Wildman–Crippen LogP) is 1.66. The Morgan fingerprint density at radius 1 is 1.54 bits per heavy atom. The maximum absolute atomic E-state index is 10.8. The normalized spacial score (nSPS) is 9.62. The van der Waals surface area contributed by atoms with E-state index in [1.165, 1.54) is 6.07 Å². The molecule has 0 aromatic heterocycles. The van der Waals surface area contributed by atoms with Crippen LogP contribution >= 0.6 is 11.6 Å². The van der Waals surface area contributed by atoms with Crippen molar-refractivity contribution in [1.82, 2.24) is 0 Å². The molecule has 4 heteroatoms. The molecule has 0 atom stereocenters. The standard InChI is InChI=1S/C9H9ClN2O/c1-2-5-3-4-6(9(12)13)7(10)8(5)11/h2-4H,1,11H2,(H2,12,13). The smallest absolute Gasteiger partial charge is 0.250 e. The number of anilines is 1. The van der Waals surface area contributed by atoms with E-state index in [2.05, 4.69) is 6.58 Å². The van der Waals surface area contributed by atoms with Gasteiger partial charge in [0.25, 0.3) is 0 Å².